The number of carbonyl (C=O) groups excluding carboxylic acids is 4. The van der Waals surface area contributed by atoms with E-state index in [9.17, 15) is 29.4 Å². The maximum Gasteiger partial charge on any atom is 0.329 e. The summed E-state index contributed by atoms with van der Waals surface area (Å²) in [5, 5.41) is 23.9. The van der Waals surface area contributed by atoms with Gasteiger partial charge in [-0.15, -0.1) is 0 Å². The summed E-state index contributed by atoms with van der Waals surface area (Å²) in [6, 6.07) is -1.04. The van der Waals surface area contributed by atoms with Crippen molar-refractivity contribution in [3.8, 4) is 0 Å². The number of allylic oxidation sites excluding steroid dienone is 5. The van der Waals surface area contributed by atoms with Gasteiger partial charge in [0, 0.05) is 64.4 Å². The first kappa shape index (κ1) is 54.6. The minimum absolute atomic E-state index is 0.0327. The fourth-order valence-corrected chi connectivity index (χ4v) is 10.7. The molecule has 3 heterocycles. The lowest BCUT2D eigenvalue weighted by molar-refractivity contribution is -0.265. The van der Waals surface area contributed by atoms with Crippen LogP contribution in [0.5, 0.6) is 0 Å². The molecule has 3 fully saturated rings. The van der Waals surface area contributed by atoms with E-state index in [0.29, 0.717) is 56.8 Å². The Morgan fingerprint density at radius 2 is 1.55 bits per heavy atom. The zero-order valence-corrected chi connectivity index (χ0v) is 41.8. The molecule has 0 radical (unpaired) electrons. The lowest BCUT2D eigenvalue weighted by Gasteiger charge is -2.43. The molecule has 2 bridgehead atoms. The monoisotopic (exact) mass is 912 g/mol. The van der Waals surface area contributed by atoms with Crippen LogP contribution in [0.4, 0.5) is 0 Å². The molecule has 3 aliphatic heterocycles. The summed E-state index contributed by atoms with van der Waals surface area (Å²) in [5.74, 6) is -5.78. The van der Waals surface area contributed by atoms with Crippen molar-refractivity contribution in [2.24, 2.45) is 47.3 Å². The van der Waals surface area contributed by atoms with Gasteiger partial charge in [0.2, 0.25) is 5.79 Å². The van der Waals surface area contributed by atoms with E-state index in [1.165, 1.54) is 4.90 Å². The molecule has 4 aliphatic rings. The fraction of sp³-hybridized carbons (Fsp3) is 0.774. The van der Waals surface area contributed by atoms with Crippen molar-refractivity contribution in [3.05, 3.63) is 47.6 Å². The maximum absolute atomic E-state index is 14.5. The van der Waals surface area contributed by atoms with E-state index in [-0.39, 0.29) is 60.5 Å². The van der Waals surface area contributed by atoms with Crippen LogP contribution in [-0.4, -0.2) is 115 Å². The summed E-state index contributed by atoms with van der Waals surface area (Å²) in [6.07, 6.45) is 16.2. The molecule has 1 saturated carbocycles. The number of aliphatic hydroxyl groups is 2. The minimum atomic E-state index is -2.38. The number of hydrogen-bond acceptors (Lipinski definition) is 11. The first-order valence-corrected chi connectivity index (χ1v) is 24.7. The molecule has 12 nitrogen and oxygen atoms in total. The highest BCUT2D eigenvalue weighted by molar-refractivity contribution is 6.39. The van der Waals surface area contributed by atoms with Crippen LogP contribution in [0, 0.1) is 47.3 Å². The number of carbonyl (C=O) groups is 4. The zero-order chi connectivity index (χ0) is 48.2. The molecule has 1 aliphatic carbocycles. The molecule has 368 valence electrons. The summed E-state index contributed by atoms with van der Waals surface area (Å²) in [7, 11) is 4.93. The quantitative estimate of drug-likeness (QED) is 0.150. The SMILES string of the molecule is CO[C@H]1CC2CC[C@@H](C)[C@@](O)(O2)C(=O)C(=O)N2CCCC[C@H]2C(=O)O[C@H]([C@H](C)C[C@@H]2CC[C@@H](C)[C@H](OC)C2)C[C@H](O)[C@H](C)/C=C(\C)[C@@H](C)[C@@H](OC)C(=O)[C@H](C)C[C@H](C)/C=C/C=C/C=C/1C. The van der Waals surface area contributed by atoms with Gasteiger partial charge >= 0.3 is 5.97 Å². The Labute approximate surface area is 390 Å². The van der Waals surface area contributed by atoms with Crippen LogP contribution in [0.1, 0.15) is 139 Å². The van der Waals surface area contributed by atoms with Gasteiger partial charge in [0.25, 0.3) is 11.7 Å². The Kier molecular flexibility index (Phi) is 21.3. The van der Waals surface area contributed by atoms with Crippen molar-refractivity contribution in [1.82, 2.24) is 4.90 Å². The first-order chi connectivity index (χ1) is 30.7. The lowest BCUT2D eigenvalue weighted by Crippen LogP contribution is -2.61. The summed E-state index contributed by atoms with van der Waals surface area (Å²) in [6.45, 7) is 18.0. The molecule has 0 aromatic carbocycles. The number of ketones is 2. The van der Waals surface area contributed by atoms with Gasteiger partial charge in [-0.25, -0.2) is 4.79 Å². The normalized spacial score (nSPS) is 41.5. The standard InChI is InChI=1S/C53H85NO11/c1-32-18-14-13-15-19-33(2)46(62-11)30-42-24-22-39(8)53(60,65-42)50(57)51(58)54-25-17-16-20-43(54)52(59)64-47(37(6)28-41-23-21-34(3)45(29-41)61-10)31-44(55)36(5)27-35(4)40(9)49(63-12)48(56)38(7)26-32/h13-15,18-19,27,32,34,36-47,49,55,60H,16-17,20-26,28-31H2,1-12H3/b15-13+,18-14+,33-19+,35-27+/t32-,34-,36-,37-,38-,39-,40-,41+,42?,43+,44+,45-,46+,47+,49-,53-/m1/s1. The smallest absolute Gasteiger partial charge is 0.329 e. The largest absolute Gasteiger partial charge is 0.460 e. The van der Waals surface area contributed by atoms with E-state index >= 15 is 0 Å². The van der Waals surface area contributed by atoms with Crippen LogP contribution in [0.3, 0.4) is 0 Å². The highest BCUT2D eigenvalue weighted by Gasteiger charge is 2.53. The minimum Gasteiger partial charge on any atom is -0.460 e. The van der Waals surface area contributed by atoms with Gasteiger partial charge in [0.1, 0.15) is 18.2 Å². The number of nitrogens with zero attached hydrogens (tertiary/aromatic N) is 1. The van der Waals surface area contributed by atoms with Gasteiger partial charge in [-0.3, -0.25) is 14.4 Å². The van der Waals surface area contributed by atoms with Crippen molar-refractivity contribution in [1.29, 1.82) is 0 Å². The summed E-state index contributed by atoms with van der Waals surface area (Å²) in [5.41, 5.74) is 1.83. The Morgan fingerprint density at radius 3 is 2.23 bits per heavy atom. The van der Waals surface area contributed by atoms with Gasteiger partial charge in [-0.2, -0.15) is 0 Å². The number of esters is 1. The molecule has 0 aromatic rings. The van der Waals surface area contributed by atoms with E-state index in [2.05, 4.69) is 26.8 Å². The van der Waals surface area contributed by atoms with E-state index in [0.717, 1.165) is 36.8 Å². The van der Waals surface area contributed by atoms with E-state index in [1.807, 2.05) is 65.0 Å². The Morgan fingerprint density at radius 1 is 0.831 bits per heavy atom. The van der Waals surface area contributed by atoms with Crippen LogP contribution >= 0.6 is 0 Å². The highest BCUT2D eigenvalue weighted by Crippen LogP contribution is 2.39. The van der Waals surface area contributed by atoms with Gasteiger partial charge in [-0.1, -0.05) is 90.5 Å². The van der Waals surface area contributed by atoms with Crippen LogP contribution in [0.2, 0.25) is 0 Å². The third kappa shape index (κ3) is 14.5. The second kappa shape index (κ2) is 25.4. The van der Waals surface area contributed by atoms with Crippen molar-refractivity contribution in [2.75, 3.05) is 27.9 Å². The molecule has 2 saturated heterocycles. The van der Waals surface area contributed by atoms with Crippen LogP contribution in [0.15, 0.2) is 47.6 Å². The molecule has 1 amide bonds. The predicted molar refractivity (Wildman–Crippen MR) is 252 cm³/mol. The second-order valence-corrected chi connectivity index (χ2v) is 20.5. The van der Waals surface area contributed by atoms with E-state index in [4.69, 9.17) is 23.7 Å². The third-order valence-corrected chi connectivity index (χ3v) is 15.4. The number of hydrogen-bond donors (Lipinski definition) is 2. The Hall–Kier alpha value is -3.00. The molecule has 2 N–H and O–H groups in total. The van der Waals surface area contributed by atoms with Crippen molar-refractivity contribution >= 4 is 23.4 Å². The number of rotatable bonds is 6. The number of piperidine rings is 1. The van der Waals surface area contributed by atoms with Crippen LogP contribution in [-0.2, 0) is 42.9 Å². The van der Waals surface area contributed by atoms with Crippen LogP contribution in [0.25, 0.3) is 0 Å². The number of Topliss-reactive ketones (excluding diaryl/α,β-unsaturated/α-hetero) is 2. The van der Waals surface area contributed by atoms with E-state index < -0.39 is 59.8 Å². The summed E-state index contributed by atoms with van der Waals surface area (Å²) >= 11 is 0. The average Bonchev–Trinajstić information content (AvgIpc) is 3.28. The molecule has 0 aromatic heterocycles. The number of fused-ring (bicyclic) bond motifs is 3. The predicted octanol–water partition coefficient (Wildman–Crippen LogP) is 8.52. The number of cyclic esters (lactones) is 1. The zero-order valence-electron chi connectivity index (χ0n) is 41.8. The molecule has 4 rings (SSSR count). The van der Waals surface area contributed by atoms with Crippen molar-refractivity contribution in [2.45, 2.75) is 188 Å². The average molecular weight is 912 g/mol. The third-order valence-electron chi connectivity index (χ3n) is 15.4. The molecule has 12 heteroatoms. The highest BCUT2D eigenvalue weighted by atomic mass is 16.6. The number of ether oxygens (including phenoxy) is 5. The van der Waals surface area contributed by atoms with Gasteiger partial charge < -0.3 is 38.8 Å². The molecule has 16 atom stereocenters. The topological polar surface area (TPSA) is 158 Å². The fourth-order valence-electron chi connectivity index (χ4n) is 10.7. The summed E-state index contributed by atoms with van der Waals surface area (Å²) in [4.78, 5) is 58.1. The van der Waals surface area contributed by atoms with E-state index in [1.54, 1.807) is 28.3 Å². The molecule has 1 unspecified atom stereocenters. The molecule has 0 spiro atoms. The van der Waals surface area contributed by atoms with Gasteiger partial charge in [0.05, 0.1) is 24.4 Å². The lowest BCUT2D eigenvalue weighted by atomic mass is 9.75. The number of aliphatic hydroxyl groups excluding tert-OH is 1. The van der Waals surface area contributed by atoms with Gasteiger partial charge in [-0.05, 0) is 107 Å². The first-order valence-electron chi connectivity index (χ1n) is 24.7. The second-order valence-electron chi connectivity index (χ2n) is 20.5. The number of amides is 1. The molecular formula is C53H85NO11. The Balaban J connectivity index is 1.70. The molecule has 65 heavy (non-hydrogen) atoms. The summed E-state index contributed by atoms with van der Waals surface area (Å²) < 4.78 is 30.2. The Bertz CT molecular complexity index is 1700. The van der Waals surface area contributed by atoms with Crippen molar-refractivity contribution < 1.29 is 53.1 Å². The van der Waals surface area contributed by atoms with Gasteiger partial charge in [0.15, 0.2) is 5.78 Å². The maximum atomic E-state index is 14.5. The number of methoxy groups -OCH3 is 3. The van der Waals surface area contributed by atoms with Crippen molar-refractivity contribution in [3.63, 3.8) is 0 Å². The van der Waals surface area contributed by atoms with Crippen LogP contribution < -0.4 is 0 Å². The molecular weight excluding hydrogens is 827 g/mol.